The van der Waals surface area contributed by atoms with Crippen LogP contribution in [0.25, 0.3) is 0 Å². The van der Waals surface area contributed by atoms with Crippen LogP contribution in [0.3, 0.4) is 0 Å². The highest BCUT2D eigenvalue weighted by Crippen LogP contribution is 2.33. The van der Waals surface area contributed by atoms with Gasteiger partial charge < -0.3 is 30.5 Å². The van der Waals surface area contributed by atoms with E-state index in [9.17, 15) is 24.6 Å². The molecule has 2 rings (SSSR count). The van der Waals surface area contributed by atoms with Crippen LogP contribution >= 0.6 is 0 Å². The Morgan fingerprint density at radius 3 is 2.07 bits per heavy atom. The summed E-state index contributed by atoms with van der Waals surface area (Å²) in [6, 6.07) is 8.95. The monoisotopic (exact) mass is 569 g/mol. The molecule has 0 heterocycles. The van der Waals surface area contributed by atoms with Crippen molar-refractivity contribution in [2.24, 2.45) is 0 Å². The molecule has 0 fully saturated rings. The number of alkyl carbamates (subject to hydrolysis) is 1. The summed E-state index contributed by atoms with van der Waals surface area (Å²) in [4.78, 5) is 42.9. The summed E-state index contributed by atoms with van der Waals surface area (Å²) in [5, 5.41) is 25.7. The second kappa shape index (κ2) is 13.7. The molecular weight excluding hydrogens is 522 g/mol. The van der Waals surface area contributed by atoms with Gasteiger partial charge in [0, 0.05) is 18.0 Å². The summed E-state index contributed by atoms with van der Waals surface area (Å²) in [5.41, 5.74) is 0.147. The first-order valence-electron chi connectivity index (χ1n) is 14.1. The van der Waals surface area contributed by atoms with Gasteiger partial charge in [-0.25, -0.2) is 4.79 Å². The molecule has 0 saturated heterocycles. The summed E-state index contributed by atoms with van der Waals surface area (Å²) >= 11 is 0. The molecule has 3 atom stereocenters. The van der Waals surface area contributed by atoms with Gasteiger partial charge in [0.15, 0.2) is 0 Å². The predicted octanol–water partition coefficient (Wildman–Crippen LogP) is 5.52. The molecule has 0 aromatic heterocycles. The van der Waals surface area contributed by atoms with Gasteiger partial charge in [0.05, 0.1) is 0 Å². The van der Waals surface area contributed by atoms with E-state index in [4.69, 9.17) is 4.74 Å². The average Bonchev–Trinajstić information content (AvgIpc) is 2.83. The van der Waals surface area contributed by atoms with E-state index in [1.807, 2.05) is 34.6 Å². The Balaban J connectivity index is 2.65. The fraction of sp³-hybridized carbons (Fsp3) is 0.531. The number of phenols is 2. The summed E-state index contributed by atoms with van der Waals surface area (Å²) in [7, 11) is 0. The largest absolute Gasteiger partial charge is 0.508 e. The molecule has 2 aromatic rings. The topological polar surface area (TPSA) is 128 Å². The van der Waals surface area contributed by atoms with Crippen molar-refractivity contribution < 1.29 is 29.3 Å². The van der Waals surface area contributed by atoms with Gasteiger partial charge in [-0.15, -0.1) is 0 Å². The van der Waals surface area contributed by atoms with Crippen molar-refractivity contribution in [3.05, 3.63) is 59.2 Å². The lowest BCUT2D eigenvalue weighted by molar-refractivity contribution is -0.148. The number of nitrogens with zero attached hydrogens (tertiary/aromatic N) is 1. The van der Waals surface area contributed by atoms with E-state index in [0.29, 0.717) is 16.7 Å². The van der Waals surface area contributed by atoms with Crippen molar-refractivity contribution in [1.82, 2.24) is 15.5 Å². The maximum atomic E-state index is 14.5. The van der Waals surface area contributed by atoms with E-state index < -0.39 is 35.2 Å². The Morgan fingerprint density at radius 1 is 0.951 bits per heavy atom. The van der Waals surface area contributed by atoms with E-state index in [1.165, 1.54) is 23.1 Å². The first kappa shape index (κ1) is 33.5. The SMILES string of the molecule is CCCC(C)NC(=O)C(c1ccc(O)c(C)c1)N(C(=O)C(Cc1ccc(O)cc1)NC(=O)OC(C)(C)C)C(C)(C)C. The molecule has 226 valence electrons. The Morgan fingerprint density at radius 2 is 1.56 bits per heavy atom. The number of hydrogen-bond acceptors (Lipinski definition) is 6. The lowest BCUT2D eigenvalue weighted by atomic mass is 9.93. The van der Waals surface area contributed by atoms with Crippen LogP contribution in [-0.4, -0.2) is 56.2 Å². The van der Waals surface area contributed by atoms with Crippen LogP contribution in [0.1, 0.15) is 91.0 Å². The summed E-state index contributed by atoms with van der Waals surface area (Å²) in [5.74, 6) is -0.684. The molecule has 41 heavy (non-hydrogen) atoms. The lowest BCUT2D eigenvalue weighted by Gasteiger charge is -2.43. The van der Waals surface area contributed by atoms with Gasteiger partial charge in [-0.05, 0) is 103 Å². The van der Waals surface area contributed by atoms with Crippen molar-refractivity contribution in [2.75, 3.05) is 0 Å². The number of carbonyl (C=O) groups excluding carboxylic acids is 3. The Kier molecular flexibility index (Phi) is 11.2. The number of aryl methyl sites for hydroxylation is 1. The zero-order valence-corrected chi connectivity index (χ0v) is 25.9. The van der Waals surface area contributed by atoms with Crippen LogP contribution in [0, 0.1) is 6.92 Å². The number of carbonyl (C=O) groups is 3. The molecule has 2 aromatic carbocycles. The van der Waals surface area contributed by atoms with Gasteiger partial charge >= 0.3 is 6.09 Å². The standard InChI is InChI=1S/C32H47N3O6/c1-10-11-21(3)33-28(38)27(23-14-17-26(37)20(2)18-23)35(31(4,5)6)29(39)25(34-30(40)41-32(7,8)9)19-22-12-15-24(36)16-13-22/h12-18,21,25,27,36-37H,10-11,19H2,1-9H3,(H,33,38)(H,34,40). The van der Waals surface area contributed by atoms with Crippen LogP contribution in [-0.2, 0) is 20.7 Å². The van der Waals surface area contributed by atoms with E-state index in [2.05, 4.69) is 10.6 Å². The number of amides is 3. The highest BCUT2D eigenvalue weighted by atomic mass is 16.6. The Bertz CT molecular complexity index is 1200. The molecule has 0 aliphatic carbocycles. The van der Waals surface area contributed by atoms with Crippen LogP contribution in [0.15, 0.2) is 42.5 Å². The minimum atomic E-state index is -1.09. The van der Waals surface area contributed by atoms with E-state index >= 15 is 0 Å². The molecule has 0 aliphatic rings. The highest BCUT2D eigenvalue weighted by Gasteiger charge is 2.42. The molecule has 0 aliphatic heterocycles. The molecule has 0 radical (unpaired) electrons. The molecule has 0 saturated carbocycles. The summed E-state index contributed by atoms with van der Waals surface area (Å²) in [6.45, 7) is 16.4. The maximum Gasteiger partial charge on any atom is 0.408 e. The van der Waals surface area contributed by atoms with Crippen molar-refractivity contribution in [3.8, 4) is 11.5 Å². The van der Waals surface area contributed by atoms with Crippen molar-refractivity contribution in [2.45, 2.75) is 111 Å². The molecule has 3 amide bonds. The molecule has 3 unspecified atom stereocenters. The number of aromatic hydroxyl groups is 2. The van der Waals surface area contributed by atoms with Crippen molar-refractivity contribution in [3.63, 3.8) is 0 Å². The fourth-order valence-electron chi connectivity index (χ4n) is 4.62. The second-order valence-electron chi connectivity index (χ2n) is 12.6. The number of nitrogens with one attached hydrogen (secondary N) is 2. The van der Waals surface area contributed by atoms with Crippen LogP contribution < -0.4 is 10.6 Å². The van der Waals surface area contributed by atoms with Crippen molar-refractivity contribution >= 4 is 17.9 Å². The molecule has 9 nitrogen and oxygen atoms in total. The minimum Gasteiger partial charge on any atom is -0.508 e. The van der Waals surface area contributed by atoms with Crippen LogP contribution in [0.5, 0.6) is 11.5 Å². The molecule has 0 spiro atoms. The lowest BCUT2D eigenvalue weighted by Crippen LogP contribution is -2.59. The van der Waals surface area contributed by atoms with E-state index in [0.717, 1.165) is 12.8 Å². The number of phenolic OH excluding ortho intramolecular Hbond substituents is 2. The van der Waals surface area contributed by atoms with Gasteiger partial charge in [-0.2, -0.15) is 0 Å². The van der Waals surface area contributed by atoms with Crippen LogP contribution in [0.4, 0.5) is 4.79 Å². The predicted molar refractivity (Wildman–Crippen MR) is 160 cm³/mol. The third-order valence-corrected chi connectivity index (χ3v) is 6.48. The summed E-state index contributed by atoms with van der Waals surface area (Å²) in [6.07, 6.45) is 0.975. The Labute approximate surface area is 244 Å². The zero-order chi connectivity index (χ0) is 31.1. The first-order chi connectivity index (χ1) is 18.9. The van der Waals surface area contributed by atoms with Crippen molar-refractivity contribution in [1.29, 1.82) is 0 Å². The molecule has 4 N–H and O–H groups in total. The number of hydrogen-bond donors (Lipinski definition) is 4. The second-order valence-corrected chi connectivity index (χ2v) is 12.6. The van der Waals surface area contributed by atoms with E-state index in [1.54, 1.807) is 52.0 Å². The van der Waals surface area contributed by atoms with Gasteiger partial charge in [-0.3, -0.25) is 9.59 Å². The first-order valence-corrected chi connectivity index (χ1v) is 14.1. The van der Waals surface area contributed by atoms with Gasteiger partial charge in [0.1, 0.15) is 29.2 Å². The smallest absolute Gasteiger partial charge is 0.408 e. The zero-order valence-electron chi connectivity index (χ0n) is 25.9. The average molecular weight is 570 g/mol. The van der Waals surface area contributed by atoms with Crippen LogP contribution in [0.2, 0.25) is 0 Å². The van der Waals surface area contributed by atoms with Gasteiger partial charge in [0.25, 0.3) is 0 Å². The fourth-order valence-corrected chi connectivity index (χ4v) is 4.62. The quantitative estimate of drug-likeness (QED) is 0.299. The third kappa shape index (κ3) is 9.99. The highest BCUT2D eigenvalue weighted by molar-refractivity contribution is 5.93. The number of rotatable bonds is 10. The molecular formula is C32H47N3O6. The van der Waals surface area contributed by atoms with Gasteiger partial charge in [0.2, 0.25) is 11.8 Å². The summed E-state index contributed by atoms with van der Waals surface area (Å²) < 4.78 is 5.47. The number of benzene rings is 2. The molecule has 0 bridgehead atoms. The Hall–Kier alpha value is -3.75. The number of ether oxygens (including phenoxy) is 1. The maximum absolute atomic E-state index is 14.5. The van der Waals surface area contributed by atoms with Gasteiger partial charge in [-0.1, -0.05) is 31.5 Å². The van der Waals surface area contributed by atoms with E-state index in [-0.39, 0.29) is 29.9 Å². The minimum absolute atomic E-state index is 0.0775. The normalized spacial score (nSPS) is 14.0. The molecule has 9 heteroatoms. The third-order valence-electron chi connectivity index (χ3n) is 6.48.